The number of furan rings is 1. The average Bonchev–Trinajstić information content (AvgIpc) is 3.51. The minimum atomic E-state index is 0.576. The zero-order valence-corrected chi connectivity index (χ0v) is 24.2. The van der Waals surface area contributed by atoms with Gasteiger partial charge in [0.2, 0.25) is 0 Å². The number of hydrogen-bond acceptors (Lipinski definition) is 4. The highest BCUT2D eigenvalue weighted by Gasteiger charge is 2.20. The van der Waals surface area contributed by atoms with Gasteiger partial charge in [0.1, 0.15) is 11.2 Å². The van der Waals surface area contributed by atoms with E-state index >= 15 is 0 Å². The van der Waals surface area contributed by atoms with Gasteiger partial charge >= 0.3 is 0 Å². The maximum absolute atomic E-state index is 6.53. The van der Waals surface area contributed by atoms with Crippen LogP contribution in [-0.2, 0) is 0 Å². The number of para-hydroxylation sites is 1. The second-order valence-corrected chi connectivity index (χ2v) is 11.3. The number of benzene rings is 7. The topological polar surface area (TPSA) is 51.8 Å². The molecule has 0 spiro atoms. The fourth-order valence-electron chi connectivity index (χ4n) is 6.26. The van der Waals surface area contributed by atoms with E-state index in [0.717, 1.165) is 55.0 Å². The molecule has 9 rings (SSSR count). The third-order valence-electron chi connectivity index (χ3n) is 8.50. The molecule has 0 fully saturated rings. The zero-order chi connectivity index (χ0) is 29.7. The Bertz CT molecular complexity index is 2530. The predicted molar refractivity (Wildman–Crippen MR) is 184 cm³/mol. The molecular weight excluding hydrogens is 550 g/mol. The summed E-state index contributed by atoms with van der Waals surface area (Å²) >= 11 is 0. The molecule has 0 saturated carbocycles. The lowest BCUT2D eigenvalue weighted by atomic mass is 9.99. The second kappa shape index (κ2) is 10.2. The molecule has 0 aliphatic rings. The van der Waals surface area contributed by atoms with Crippen LogP contribution in [0.4, 0.5) is 0 Å². The van der Waals surface area contributed by atoms with Crippen LogP contribution in [-0.4, -0.2) is 15.0 Å². The van der Waals surface area contributed by atoms with Crippen LogP contribution in [0.2, 0.25) is 0 Å². The van der Waals surface area contributed by atoms with Crippen molar-refractivity contribution in [2.75, 3.05) is 0 Å². The van der Waals surface area contributed by atoms with E-state index in [-0.39, 0.29) is 0 Å². The highest BCUT2D eigenvalue weighted by molar-refractivity contribution is 6.22. The first-order valence-electron chi connectivity index (χ1n) is 15.0. The van der Waals surface area contributed by atoms with Crippen molar-refractivity contribution >= 4 is 43.5 Å². The molecular formula is C41H25N3O. The first-order valence-corrected chi connectivity index (χ1v) is 15.0. The highest BCUT2D eigenvalue weighted by atomic mass is 16.3. The quantitative estimate of drug-likeness (QED) is 0.209. The summed E-state index contributed by atoms with van der Waals surface area (Å²) in [5.74, 6) is 1.81. The molecule has 0 bridgehead atoms. The lowest BCUT2D eigenvalue weighted by Crippen LogP contribution is -2.00. The molecule has 0 unspecified atom stereocenters. The fourth-order valence-corrected chi connectivity index (χ4v) is 6.26. The van der Waals surface area contributed by atoms with Crippen molar-refractivity contribution in [3.8, 4) is 45.3 Å². The molecule has 210 valence electrons. The van der Waals surface area contributed by atoms with Crippen LogP contribution in [0.1, 0.15) is 0 Å². The predicted octanol–water partition coefficient (Wildman–Crippen LogP) is 10.7. The van der Waals surface area contributed by atoms with E-state index in [1.807, 2.05) is 42.5 Å². The summed E-state index contributed by atoms with van der Waals surface area (Å²) in [7, 11) is 0. The van der Waals surface area contributed by atoms with Crippen LogP contribution >= 0.6 is 0 Å². The number of fused-ring (bicyclic) bond motifs is 6. The maximum Gasteiger partial charge on any atom is 0.167 e. The summed E-state index contributed by atoms with van der Waals surface area (Å²) in [5.41, 5.74) is 6.61. The summed E-state index contributed by atoms with van der Waals surface area (Å²) in [5, 5.41) is 6.85. The van der Waals surface area contributed by atoms with Crippen molar-refractivity contribution in [2.45, 2.75) is 0 Å². The van der Waals surface area contributed by atoms with Gasteiger partial charge in [-0.05, 0) is 50.9 Å². The highest BCUT2D eigenvalue weighted by Crippen LogP contribution is 2.40. The molecule has 2 heterocycles. The normalized spacial score (nSPS) is 11.6. The van der Waals surface area contributed by atoms with Gasteiger partial charge in [0.15, 0.2) is 17.5 Å². The van der Waals surface area contributed by atoms with E-state index < -0.39 is 0 Å². The largest absolute Gasteiger partial charge is 0.455 e. The Kier molecular flexibility index (Phi) is 5.78. The molecule has 0 radical (unpaired) electrons. The summed E-state index contributed by atoms with van der Waals surface area (Å²) in [6.07, 6.45) is 0. The van der Waals surface area contributed by atoms with Crippen LogP contribution < -0.4 is 0 Å². The van der Waals surface area contributed by atoms with Crippen molar-refractivity contribution in [3.05, 3.63) is 152 Å². The Balaban J connectivity index is 1.24. The molecule has 0 amide bonds. The third-order valence-corrected chi connectivity index (χ3v) is 8.50. The van der Waals surface area contributed by atoms with E-state index in [2.05, 4.69) is 109 Å². The van der Waals surface area contributed by atoms with E-state index in [1.165, 1.54) is 16.3 Å². The maximum atomic E-state index is 6.53. The van der Waals surface area contributed by atoms with Crippen LogP contribution in [0.25, 0.3) is 88.8 Å². The molecule has 7 aromatic carbocycles. The number of hydrogen-bond donors (Lipinski definition) is 0. The molecule has 4 heteroatoms. The van der Waals surface area contributed by atoms with Crippen LogP contribution in [0, 0.1) is 0 Å². The van der Waals surface area contributed by atoms with Crippen LogP contribution in [0.15, 0.2) is 156 Å². The van der Waals surface area contributed by atoms with Crippen molar-refractivity contribution < 1.29 is 4.42 Å². The smallest absolute Gasteiger partial charge is 0.167 e. The second-order valence-electron chi connectivity index (χ2n) is 11.3. The lowest BCUT2D eigenvalue weighted by molar-refractivity contribution is 0.670. The first kappa shape index (κ1) is 25.4. The number of aromatic nitrogens is 3. The Labute approximate surface area is 259 Å². The van der Waals surface area contributed by atoms with Crippen molar-refractivity contribution in [3.63, 3.8) is 0 Å². The average molecular weight is 576 g/mol. The minimum Gasteiger partial charge on any atom is -0.455 e. The summed E-state index contributed by atoms with van der Waals surface area (Å²) in [4.78, 5) is 15.1. The lowest BCUT2D eigenvalue weighted by Gasteiger charge is -2.11. The zero-order valence-electron chi connectivity index (χ0n) is 24.2. The molecule has 0 saturated heterocycles. The van der Waals surface area contributed by atoms with Gasteiger partial charge in [0, 0.05) is 21.9 Å². The first-order chi connectivity index (χ1) is 22.3. The Morgan fingerprint density at radius 2 is 0.956 bits per heavy atom. The van der Waals surface area contributed by atoms with Gasteiger partial charge in [-0.25, -0.2) is 15.0 Å². The number of nitrogens with zero attached hydrogens (tertiary/aromatic N) is 3. The molecule has 2 aromatic heterocycles. The summed E-state index contributed by atoms with van der Waals surface area (Å²) in [6, 6.07) is 52.3. The van der Waals surface area contributed by atoms with Crippen molar-refractivity contribution in [1.29, 1.82) is 0 Å². The SMILES string of the molecule is c1ccc(-c2nc(-c3ccc(-c4ccc5ccccc5c4)cc3)nc(-c3cc4ccccc4c4c3oc3ccccc34)n2)cc1. The third kappa shape index (κ3) is 4.35. The van der Waals surface area contributed by atoms with E-state index in [1.54, 1.807) is 0 Å². The minimum absolute atomic E-state index is 0.576. The van der Waals surface area contributed by atoms with Gasteiger partial charge < -0.3 is 4.42 Å². The van der Waals surface area contributed by atoms with Gasteiger partial charge in [0.25, 0.3) is 0 Å². The molecule has 45 heavy (non-hydrogen) atoms. The van der Waals surface area contributed by atoms with E-state index in [4.69, 9.17) is 19.4 Å². The number of rotatable bonds is 4. The van der Waals surface area contributed by atoms with Gasteiger partial charge in [-0.1, -0.05) is 133 Å². The van der Waals surface area contributed by atoms with E-state index in [9.17, 15) is 0 Å². The molecule has 0 aliphatic carbocycles. The molecule has 0 N–H and O–H groups in total. The van der Waals surface area contributed by atoms with E-state index in [0.29, 0.717) is 17.5 Å². The Hall–Kier alpha value is -6.13. The summed E-state index contributed by atoms with van der Waals surface area (Å²) < 4.78 is 6.53. The summed E-state index contributed by atoms with van der Waals surface area (Å²) in [6.45, 7) is 0. The fraction of sp³-hybridized carbons (Fsp3) is 0. The van der Waals surface area contributed by atoms with Crippen molar-refractivity contribution in [2.24, 2.45) is 0 Å². The molecule has 0 aliphatic heterocycles. The van der Waals surface area contributed by atoms with Crippen LogP contribution in [0.3, 0.4) is 0 Å². The van der Waals surface area contributed by atoms with Gasteiger partial charge in [-0.3, -0.25) is 0 Å². The van der Waals surface area contributed by atoms with Gasteiger partial charge in [-0.15, -0.1) is 0 Å². The Morgan fingerprint density at radius 3 is 1.76 bits per heavy atom. The molecule has 9 aromatic rings. The van der Waals surface area contributed by atoms with Crippen LogP contribution in [0.5, 0.6) is 0 Å². The molecule has 0 atom stereocenters. The Morgan fingerprint density at radius 1 is 0.378 bits per heavy atom. The van der Waals surface area contributed by atoms with Gasteiger partial charge in [0.05, 0.1) is 5.56 Å². The monoisotopic (exact) mass is 575 g/mol. The van der Waals surface area contributed by atoms with Gasteiger partial charge in [-0.2, -0.15) is 0 Å². The van der Waals surface area contributed by atoms with Crippen molar-refractivity contribution in [1.82, 2.24) is 15.0 Å². The standard InChI is InChI=1S/C41H25N3O/c1-2-11-28(12-3-1)39-42-40(29-21-18-27(19-22-29)31-23-20-26-10-4-5-13-30(26)24-31)44-41(43-39)35-25-32-14-6-7-15-33(32)37-34-16-8-9-17-36(34)45-38(35)37/h1-25H. The molecule has 4 nitrogen and oxygen atoms in total.